The third-order valence-corrected chi connectivity index (χ3v) is 3.96. The molecule has 8 heteroatoms. The molecule has 0 aromatic heterocycles. The van der Waals surface area contributed by atoms with Crippen molar-refractivity contribution in [3.63, 3.8) is 0 Å². The molecule has 0 bridgehead atoms. The monoisotopic (exact) mass is 358 g/mol. The number of halogens is 4. The van der Waals surface area contributed by atoms with Crippen LogP contribution < -0.4 is 22.4 Å². The van der Waals surface area contributed by atoms with Gasteiger partial charge in [0.25, 0.3) is 0 Å². The van der Waals surface area contributed by atoms with Crippen LogP contribution in [0.2, 0.25) is 10.0 Å². The lowest BCUT2D eigenvalue weighted by Crippen LogP contribution is -2.50. The minimum Gasteiger partial charge on any atom is -0.421 e. The summed E-state index contributed by atoms with van der Waals surface area (Å²) in [4.78, 5) is 0. The van der Waals surface area contributed by atoms with Gasteiger partial charge in [-0.3, -0.25) is 0 Å². The van der Waals surface area contributed by atoms with Crippen LogP contribution in [0.3, 0.4) is 0 Å². The minimum atomic E-state index is -0.745. The van der Waals surface area contributed by atoms with Crippen LogP contribution in [0.1, 0.15) is 0 Å². The first kappa shape index (κ1) is 18.2. The maximum absolute atomic E-state index is 13.8. The van der Waals surface area contributed by atoms with Gasteiger partial charge in [-0.1, -0.05) is 35.3 Å². The quantitative estimate of drug-likeness (QED) is 0.772. The zero-order chi connectivity index (χ0) is 17.0. The molecule has 3 nitrogen and oxygen atoms in total. The lowest BCUT2D eigenvalue weighted by atomic mass is 9.55. The van der Waals surface area contributed by atoms with Crippen LogP contribution in [0.4, 0.5) is 8.78 Å². The Hall–Kier alpha value is -1.18. The molecule has 0 radical (unpaired) electrons. The van der Waals surface area contributed by atoms with E-state index in [-0.39, 0.29) is 23.1 Å². The van der Waals surface area contributed by atoms with Crippen molar-refractivity contribution in [1.29, 1.82) is 0 Å². The Bertz CT molecular complexity index is 635. The predicted molar refractivity (Wildman–Crippen MR) is 90.8 cm³/mol. The van der Waals surface area contributed by atoms with Gasteiger partial charge in [0.1, 0.15) is 11.6 Å². The summed E-state index contributed by atoms with van der Waals surface area (Å²) in [5.41, 5.74) is 12.1. The Morgan fingerprint density at radius 1 is 0.913 bits per heavy atom. The molecule has 0 amide bonds. The zero-order valence-electron chi connectivity index (χ0n) is 12.1. The summed E-state index contributed by atoms with van der Waals surface area (Å²) in [6.07, 6.45) is -0.461. The van der Waals surface area contributed by atoms with Crippen molar-refractivity contribution in [2.75, 3.05) is 13.1 Å². The highest BCUT2D eigenvalue weighted by atomic mass is 35.5. The van der Waals surface area contributed by atoms with Crippen LogP contribution in [-0.4, -0.2) is 26.1 Å². The molecule has 2 rings (SSSR count). The molecule has 0 unspecified atom stereocenters. The van der Waals surface area contributed by atoms with Gasteiger partial charge in [-0.05, 0) is 35.2 Å². The van der Waals surface area contributed by atoms with Gasteiger partial charge in [0.15, 0.2) is 0 Å². The molecule has 0 spiro atoms. The minimum absolute atomic E-state index is 0.0102. The van der Waals surface area contributed by atoms with Crippen LogP contribution in [0.25, 0.3) is 0 Å². The highest BCUT2D eigenvalue weighted by Gasteiger charge is 2.26. The Balaban J connectivity index is 2.45. The molecule has 2 aromatic carbocycles. The smallest absolute Gasteiger partial charge is 0.362 e. The molecule has 0 aliphatic rings. The van der Waals surface area contributed by atoms with Crippen LogP contribution in [0.5, 0.6) is 0 Å². The lowest BCUT2D eigenvalue weighted by molar-refractivity contribution is 0.226. The summed E-state index contributed by atoms with van der Waals surface area (Å²) in [6.45, 7) is -0.385. The predicted octanol–water partition coefficient (Wildman–Crippen LogP) is 1.68. The summed E-state index contributed by atoms with van der Waals surface area (Å²) < 4.78 is 33.4. The van der Waals surface area contributed by atoms with E-state index in [9.17, 15) is 8.78 Å². The summed E-state index contributed by atoms with van der Waals surface area (Å²) >= 11 is 11.4. The molecule has 4 N–H and O–H groups in total. The number of hydrogen-bond acceptors (Lipinski definition) is 3. The van der Waals surface area contributed by atoms with Crippen molar-refractivity contribution in [2.45, 2.75) is 6.10 Å². The zero-order valence-corrected chi connectivity index (χ0v) is 13.6. The Morgan fingerprint density at radius 3 is 1.70 bits per heavy atom. The van der Waals surface area contributed by atoms with Gasteiger partial charge >= 0.3 is 6.92 Å². The van der Waals surface area contributed by atoms with Gasteiger partial charge in [0.05, 0.1) is 16.1 Å². The SMILES string of the molecule is NCC(CN)OB(c1ccc(Cl)c(F)c1)c1ccc(Cl)c(F)c1. The lowest BCUT2D eigenvalue weighted by Gasteiger charge is -2.22. The number of rotatable bonds is 6. The fraction of sp³-hybridized carbons (Fsp3) is 0.200. The van der Waals surface area contributed by atoms with E-state index in [1.807, 2.05) is 0 Å². The van der Waals surface area contributed by atoms with Gasteiger partial charge in [-0.25, -0.2) is 8.78 Å². The van der Waals surface area contributed by atoms with Crippen molar-refractivity contribution in [3.05, 3.63) is 58.1 Å². The van der Waals surface area contributed by atoms with E-state index in [1.54, 1.807) is 12.1 Å². The second-order valence-electron chi connectivity index (χ2n) is 4.96. The van der Waals surface area contributed by atoms with Crippen LogP contribution in [0, 0.1) is 11.6 Å². The Labute approximate surface area is 143 Å². The average molecular weight is 359 g/mol. The average Bonchev–Trinajstić information content (AvgIpc) is 2.54. The molecule has 23 heavy (non-hydrogen) atoms. The summed E-state index contributed by atoms with van der Waals surface area (Å²) in [5.74, 6) is -1.19. The number of benzene rings is 2. The first-order valence-electron chi connectivity index (χ1n) is 6.91. The van der Waals surface area contributed by atoms with E-state index >= 15 is 0 Å². The first-order valence-corrected chi connectivity index (χ1v) is 7.67. The van der Waals surface area contributed by atoms with E-state index in [2.05, 4.69) is 0 Å². The highest BCUT2D eigenvalue weighted by Crippen LogP contribution is 2.14. The molecule has 0 fully saturated rings. The number of nitrogens with two attached hydrogens (primary N) is 2. The first-order chi connectivity index (χ1) is 11.0. The van der Waals surface area contributed by atoms with Crippen molar-refractivity contribution in [3.8, 4) is 0 Å². The molecular formula is C15H15BCl2F2N2O. The molecular weight excluding hydrogens is 344 g/mol. The second-order valence-corrected chi connectivity index (χ2v) is 5.77. The van der Waals surface area contributed by atoms with Crippen molar-refractivity contribution in [1.82, 2.24) is 0 Å². The van der Waals surface area contributed by atoms with Crippen LogP contribution in [0.15, 0.2) is 36.4 Å². The molecule has 122 valence electrons. The summed E-state index contributed by atoms with van der Waals surface area (Å²) in [5, 5.41) is -0.0204. The van der Waals surface area contributed by atoms with Gasteiger partial charge in [-0.2, -0.15) is 0 Å². The third kappa shape index (κ3) is 4.43. The molecule has 0 aliphatic carbocycles. The van der Waals surface area contributed by atoms with Crippen LogP contribution >= 0.6 is 23.2 Å². The van der Waals surface area contributed by atoms with Crippen molar-refractivity contribution in [2.24, 2.45) is 11.5 Å². The normalized spacial score (nSPS) is 11.1. The fourth-order valence-electron chi connectivity index (χ4n) is 2.10. The second kappa shape index (κ2) is 8.08. The third-order valence-electron chi connectivity index (χ3n) is 3.35. The largest absolute Gasteiger partial charge is 0.421 e. The van der Waals surface area contributed by atoms with E-state index < -0.39 is 24.7 Å². The molecule has 0 saturated heterocycles. The standard InChI is InChI=1S/C15H15BCl2F2N2O/c17-12-3-1-9(5-14(12)19)16(23-11(7-21)8-22)10-2-4-13(18)15(20)6-10/h1-6,11H,7-8,21-22H2. The highest BCUT2D eigenvalue weighted by molar-refractivity contribution is 6.80. The maximum atomic E-state index is 13.8. The van der Waals surface area contributed by atoms with Crippen molar-refractivity contribution >= 4 is 41.0 Å². The van der Waals surface area contributed by atoms with Crippen molar-refractivity contribution < 1.29 is 13.4 Å². The molecule has 0 aliphatic heterocycles. The van der Waals surface area contributed by atoms with E-state index in [4.69, 9.17) is 39.3 Å². The molecule has 0 atom stereocenters. The van der Waals surface area contributed by atoms with Gasteiger partial charge in [0, 0.05) is 13.1 Å². The van der Waals surface area contributed by atoms with E-state index in [0.29, 0.717) is 10.9 Å². The topological polar surface area (TPSA) is 61.3 Å². The molecule has 2 aromatic rings. The molecule has 0 heterocycles. The van der Waals surface area contributed by atoms with E-state index in [0.717, 1.165) is 0 Å². The van der Waals surface area contributed by atoms with Gasteiger partial charge < -0.3 is 16.1 Å². The summed E-state index contributed by atoms with van der Waals surface area (Å²) in [7, 11) is 0. The van der Waals surface area contributed by atoms with Gasteiger partial charge in [-0.15, -0.1) is 0 Å². The van der Waals surface area contributed by atoms with E-state index in [1.165, 1.54) is 24.3 Å². The molecule has 0 saturated carbocycles. The number of hydrogen-bond donors (Lipinski definition) is 2. The maximum Gasteiger partial charge on any atom is 0.362 e. The van der Waals surface area contributed by atoms with Gasteiger partial charge in [0.2, 0.25) is 0 Å². The fourth-order valence-corrected chi connectivity index (χ4v) is 2.34. The van der Waals surface area contributed by atoms with Crippen LogP contribution in [-0.2, 0) is 4.65 Å². The Kier molecular flexibility index (Phi) is 6.38. The summed E-state index contributed by atoms with van der Waals surface area (Å²) in [6, 6.07) is 8.51. The Morgan fingerprint density at radius 2 is 1.35 bits per heavy atom.